The fraction of sp³-hybridized carbons (Fsp3) is 0.0833. The molecule has 4 heterocycles. The highest BCUT2D eigenvalue weighted by atomic mass is 15.2. The number of fused-ring (bicyclic) bond motifs is 8. The summed E-state index contributed by atoms with van der Waals surface area (Å²) in [6.07, 6.45) is 0. The average Bonchev–Trinajstić information content (AvgIpc) is 2.99. The van der Waals surface area contributed by atoms with Crippen molar-refractivity contribution in [1.82, 2.24) is 0 Å². The van der Waals surface area contributed by atoms with Crippen molar-refractivity contribution in [2.45, 2.75) is 41.5 Å². The van der Waals surface area contributed by atoms with Crippen LogP contribution < -0.4 is 57.3 Å². The van der Waals surface area contributed by atoms with Gasteiger partial charge in [0.05, 0.1) is 5.69 Å². The van der Waals surface area contributed by atoms with Crippen molar-refractivity contribution in [3.63, 3.8) is 0 Å². The van der Waals surface area contributed by atoms with Crippen molar-refractivity contribution >= 4 is 132 Å². The summed E-state index contributed by atoms with van der Waals surface area (Å²) in [4.78, 5) is 12.5. The fourth-order valence-electron chi connectivity index (χ4n) is 13.6. The minimum Gasteiger partial charge on any atom is -0.311 e. The Kier molecular flexibility index (Phi) is 10.7. The van der Waals surface area contributed by atoms with E-state index >= 15 is 0 Å². The molecule has 0 atom stereocenters. The molecule has 0 unspecified atom stereocenters. The van der Waals surface area contributed by atoms with Gasteiger partial charge in [-0.3, -0.25) is 0 Å². The Morgan fingerprint density at radius 2 is 0.582 bits per heavy atom. The molecule has 5 nitrogen and oxygen atoms in total. The molecule has 79 heavy (non-hydrogen) atoms. The van der Waals surface area contributed by atoms with Crippen molar-refractivity contribution < 1.29 is 0 Å². The Labute approximate surface area is 465 Å². The molecule has 0 saturated carbocycles. The number of benzene rings is 11. The predicted molar refractivity (Wildman–Crippen MR) is 338 cm³/mol. The van der Waals surface area contributed by atoms with Gasteiger partial charge in [0.25, 0.3) is 13.4 Å². The van der Waals surface area contributed by atoms with E-state index in [0.717, 1.165) is 34.1 Å². The molecule has 11 aromatic carbocycles. The minimum absolute atomic E-state index is 0.0473. The molecule has 11 aromatic rings. The van der Waals surface area contributed by atoms with E-state index < -0.39 is 0 Å². The number of rotatable bonds is 7. The lowest BCUT2D eigenvalue weighted by Crippen LogP contribution is -2.61. The first-order chi connectivity index (χ1) is 38.7. The predicted octanol–water partition coefficient (Wildman–Crippen LogP) is 15.2. The van der Waals surface area contributed by atoms with Crippen molar-refractivity contribution in [2.75, 3.05) is 24.5 Å². The van der Waals surface area contributed by atoms with Crippen molar-refractivity contribution in [1.29, 1.82) is 0 Å². The second-order valence-electron chi connectivity index (χ2n) is 22.2. The van der Waals surface area contributed by atoms with E-state index in [4.69, 9.17) is 0 Å². The van der Waals surface area contributed by atoms with Crippen molar-refractivity contribution in [2.24, 2.45) is 0 Å². The maximum Gasteiger partial charge on any atom is 0.252 e. The van der Waals surface area contributed by atoms with Crippen LogP contribution in [0.4, 0.5) is 85.3 Å². The summed E-state index contributed by atoms with van der Waals surface area (Å²) >= 11 is 0. The first kappa shape index (κ1) is 46.8. The highest BCUT2D eigenvalue weighted by Crippen LogP contribution is 2.49. The van der Waals surface area contributed by atoms with E-state index in [0.29, 0.717) is 0 Å². The highest BCUT2D eigenvalue weighted by Gasteiger charge is 2.46. The Morgan fingerprint density at radius 1 is 0.266 bits per heavy atom. The molecule has 0 bridgehead atoms. The van der Waals surface area contributed by atoms with E-state index in [1.54, 1.807) is 0 Å². The molecular formula is C72H57B2N5. The van der Waals surface area contributed by atoms with Crippen LogP contribution in [-0.4, -0.2) is 13.4 Å². The number of nitrogens with zero attached hydrogens (tertiary/aromatic N) is 5. The monoisotopic (exact) mass is 1010 g/mol. The van der Waals surface area contributed by atoms with E-state index in [2.05, 4.69) is 303 Å². The summed E-state index contributed by atoms with van der Waals surface area (Å²) in [5, 5.41) is 0. The first-order valence-corrected chi connectivity index (χ1v) is 27.7. The summed E-state index contributed by atoms with van der Waals surface area (Å²) in [5.41, 5.74) is 32.8. The molecule has 4 aliphatic rings. The normalized spacial score (nSPS) is 13.3. The third-order valence-corrected chi connectivity index (χ3v) is 17.0. The largest absolute Gasteiger partial charge is 0.311 e. The Bertz CT molecular complexity index is 3980. The molecule has 15 rings (SSSR count). The van der Waals surface area contributed by atoms with Gasteiger partial charge in [-0.05, 0) is 207 Å². The number of hydrogen-bond donors (Lipinski definition) is 0. The number of hydrogen-bond acceptors (Lipinski definition) is 5. The van der Waals surface area contributed by atoms with Crippen LogP contribution in [0.2, 0.25) is 0 Å². The molecule has 7 heteroatoms. The average molecular weight is 1010 g/mol. The van der Waals surface area contributed by atoms with Crippen LogP contribution in [0.15, 0.2) is 237 Å². The minimum atomic E-state index is -0.0473. The standard InChI is InChI=1S/C72H57B2N5/c1-46-26-32-54(33-27-46)78-62-38-30-48(3)42-58(62)73-60-44-56(36-40-64(60)76(52-18-9-7-10-19-52)66-22-14-24-68(78)70(66)73)75(72-50(5)16-13-17-51(72)6)57-37-41-65-61(45-57)74-59-43-49(4)31-39-63(59)79(55-34-28-47(2)29-35-55)69-25-15-23-67(71(69)74)77(65)53-20-11-8-12-21-53/h7-45H,1-6H3. The van der Waals surface area contributed by atoms with Crippen LogP contribution in [-0.2, 0) is 0 Å². The van der Waals surface area contributed by atoms with Gasteiger partial charge in [-0.25, -0.2) is 0 Å². The quantitative estimate of drug-likeness (QED) is 0.147. The summed E-state index contributed by atoms with van der Waals surface area (Å²) in [7, 11) is 0. The summed E-state index contributed by atoms with van der Waals surface area (Å²) in [5.74, 6) is 0. The van der Waals surface area contributed by atoms with Crippen LogP contribution in [0.1, 0.15) is 33.4 Å². The van der Waals surface area contributed by atoms with E-state index in [9.17, 15) is 0 Å². The molecular weight excluding hydrogens is 956 g/mol. The van der Waals surface area contributed by atoms with Gasteiger partial charge in [-0.2, -0.15) is 0 Å². The van der Waals surface area contributed by atoms with E-state index in [1.807, 2.05) is 0 Å². The lowest BCUT2D eigenvalue weighted by atomic mass is 9.33. The fourth-order valence-corrected chi connectivity index (χ4v) is 13.6. The smallest absolute Gasteiger partial charge is 0.252 e. The second-order valence-corrected chi connectivity index (χ2v) is 22.2. The Hall–Kier alpha value is -9.45. The first-order valence-electron chi connectivity index (χ1n) is 27.7. The molecule has 0 aromatic heterocycles. The van der Waals surface area contributed by atoms with E-state index in [-0.39, 0.29) is 13.4 Å². The van der Waals surface area contributed by atoms with Crippen LogP contribution in [0.5, 0.6) is 0 Å². The number of para-hydroxylation sites is 3. The van der Waals surface area contributed by atoms with Crippen molar-refractivity contribution in [3.8, 4) is 0 Å². The maximum atomic E-state index is 2.56. The topological polar surface area (TPSA) is 16.2 Å². The molecule has 0 amide bonds. The third-order valence-electron chi connectivity index (χ3n) is 17.0. The number of anilines is 15. The van der Waals surface area contributed by atoms with Gasteiger partial charge in [0, 0.05) is 79.6 Å². The van der Waals surface area contributed by atoms with Gasteiger partial charge in [-0.15, -0.1) is 0 Å². The van der Waals surface area contributed by atoms with Gasteiger partial charge in [0.2, 0.25) is 0 Å². The zero-order valence-electron chi connectivity index (χ0n) is 45.4. The summed E-state index contributed by atoms with van der Waals surface area (Å²) < 4.78 is 0. The van der Waals surface area contributed by atoms with Gasteiger partial charge in [0.15, 0.2) is 0 Å². The van der Waals surface area contributed by atoms with Gasteiger partial charge in [-0.1, -0.05) is 138 Å². The summed E-state index contributed by atoms with van der Waals surface area (Å²) in [6, 6.07) is 89.1. The molecule has 0 fully saturated rings. The van der Waals surface area contributed by atoms with Crippen LogP contribution in [0, 0.1) is 41.5 Å². The molecule has 0 spiro atoms. The van der Waals surface area contributed by atoms with E-state index in [1.165, 1.54) is 117 Å². The maximum absolute atomic E-state index is 2.56. The molecule has 4 aliphatic heterocycles. The molecule has 376 valence electrons. The molecule has 0 aliphatic carbocycles. The van der Waals surface area contributed by atoms with Crippen molar-refractivity contribution in [3.05, 3.63) is 270 Å². The van der Waals surface area contributed by atoms with Crippen LogP contribution in [0.25, 0.3) is 0 Å². The molecule has 0 saturated heterocycles. The second kappa shape index (κ2) is 18.1. The molecule has 0 N–H and O–H groups in total. The zero-order chi connectivity index (χ0) is 53.2. The lowest BCUT2D eigenvalue weighted by molar-refractivity contribution is 1.21. The Balaban J connectivity index is 0.982. The van der Waals surface area contributed by atoms with Gasteiger partial charge < -0.3 is 24.5 Å². The summed E-state index contributed by atoms with van der Waals surface area (Å²) in [6.45, 7) is 13.2. The number of aryl methyl sites for hydroxylation is 6. The van der Waals surface area contributed by atoms with Gasteiger partial charge in [0.1, 0.15) is 0 Å². The highest BCUT2D eigenvalue weighted by molar-refractivity contribution is 7.01. The van der Waals surface area contributed by atoms with Gasteiger partial charge >= 0.3 is 0 Å². The molecule has 0 radical (unpaired) electrons. The zero-order valence-corrected chi connectivity index (χ0v) is 45.4. The Morgan fingerprint density at radius 3 is 0.962 bits per heavy atom. The SMILES string of the molecule is Cc1ccc(N2c3ccc(C)cc3B3c4cc(N(c5ccc6c(c5)B5c7cc(C)ccc7N(c7ccc(C)cc7)c7cccc(c75)N6c5ccccc5)c5c(C)cccc5C)ccc4N(c4ccccc4)c4cccc2c43)cc1. The third kappa shape index (κ3) is 7.26. The van der Waals surface area contributed by atoms with Crippen LogP contribution in [0.3, 0.4) is 0 Å². The lowest BCUT2D eigenvalue weighted by Gasteiger charge is -2.45. The van der Waals surface area contributed by atoms with Crippen LogP contribution >= 0.6 is 0 Å².